The average Bonchev–Trinajstić information content (AvgIpc) is 3.44. The number of nitrogens with one attached hydrogen (secondary N) is 1. The van der Waals surface area contributed by atoms with Crippen LogP contribution in [0.5, 0.6) is 0 Å². The number of oxime groups is 1. The first-order valence-electron chi connectivity index (χ1n) is 11.5. The van der Waals surface area contributed by atoms with Crippen molar-refractivity contribution in [1.82, 2.24) is 10.2 Å². The van der Waals surface area contributed by atoms with Gasteiger partial charge in [0.1, 0.15) is 23.7 Å². The molecular weight excluding hydrogens is 534 g/mol. The van der Waals surface area contributed by atoms with Gasteiger partial charge in [-0.15, -0.1) is 11.8 Å². The van der Waals surface area contributed by atoms with Gasteiger partial charge in [0.2, 0.25) is 11.3 Å². The highest BCUT2D eigenvalue weighted by Gasteiger charge is 2.54. The maximum atomic E-state index is 13.0. The summed E-state index contributed by atoms with van der Waals surface area (Å²) in [6.45, 7) is 2.13. The molecule has 1 fully saturated rings. The Kier molecular flexibility index (Phi) is 7.76. The molecule has 2 aromatic rings. The number of carbonyl (C=O) groups excluding carboxylic acids is 3. The Morgan fingerprint density at radius 3 is 2.49 bits per heavy atom. The molecule has 2 aliphatic heterocycles. The molecule has 0 saturated carbocycles. The number of β-lactam (4-membered cyclic amide) rings is 1. The minimum absolute atomic E-state index is 0.0396. The Bertz CT molecular complexity index is 1370. The zero-order chi connectivity index (χ0) is 28.3. The fraction of sp³-hybridized carbons (Fsp3) is 0.280. The molecule has 13 nitrogen and oxygen atoms in total. The fourth-order valence-electron chi connectivity index (χ4n) is 3.62. The first kappa shape index (κ1) is 27.4. The summed E-state index contributed by atoms with van der Waals surface area (Å²) in [4.78, 5) is 67.8. The van der Waals surface area contributed by atoms with Gasteiger partial charge in [0.25, 0.3) is 11.8 Å². The number of rotatable bonds is 10. The maximum absolute atomic E-state index is 13.0. The average molecular weight is 558 g/mol. The highest BCUT2D eigenvalue weighted by atomic mass is 32.2. The molecule has 4 rings (SSSR count). The molecule has 2 amide bonds. The summed E-state index contributed by atoms with van der Waals surface area (Å²) in [6, 6.07) is 9.93. The van der Waals surface area contributed by atoms with Crippen molar-refractivity contribution in [1.29, 1.82) is 0 Å². The van der Waals surface area contributed by atoms with Crippen molar-refractivity contribution in [2.45, 2.75) is 30.9 Å². The van der Waals surface area contributed by atoms with E-state index in [1.165, 1.54) is 44.0 Å². The Morgan fingerprint density at radius 2 is 1.87 bits per heavy atom. The number of esters is 1. The van der Waals surface area contributed by atoms with Gasteiger partial charge in [0, 0.05) is 11.3 Å². The SMILES string of the molecule is CC(C)(ON=C(C(=O)N[C@@H]1C(=O)N2C(C(=O)O)=C(COC(=O)c3ccccc3)CS[C@H]12)c1ccco1)C(=O)O. The van der Waals surface area contributed by atoms with Crippen LogP contribution < -0.4 is 5.32 Å². The van der Waals surface area contributed by atoms with Crippen LogP contribution in [0.2, 0.25) is 0 Å². The number of hydrogen-bond acceptors (Lipinski definition) is 10. The second kappa shape index (κ2) is 11.0. The van der Waals surface area contributed by atoms with Gasteiger partial charge in [-0.2, -0.15) is 0 Å². The van der Waals surface area contributed by atoms with Gasteiger partial charge in [-0.05, 0) is 38.1 Å². The summed E-state index contributed by atoms with van der Waals surface area (Å²) in [5.41, 5.74) is -1.97. The number of carboxylic acids is 2. The monoisotopic (exact) mass is 557 g/mol. The lowest BCUT2D eigenvalue weighted by molar-refractivity contribution is -0.161. The van der Waals surface area contributed by atoms with Gasteiger partial charge in [-0.1, -0.05) is 23.4 Å². The predicted molar refractivity (Wildman–Crippen MR) is 134 cm³/mol. The number of fused-ring (bicyclic) bond motifs is 1. The maximum Gasteiger partial charge on any atom is 0.352 e. The molecular formula is C25H23N3O10S. The topological polar surface area (TPSA) is 185 Å². The minimum Gasteiger partial charge on any atom is -0.478 e. The zero-order valence-corrected chi connectivity index (χ0v) is 21.5. The van der Waals surface area contributed by atoms with E-state index in [1.54, 1.807) is 30.3 Å². The first-order valence-corrected chi connectivity index (χ1v) is 12.5. The molecule has 1 aromatic carbocycles. The third-order valence-electron chi connectivity index (χ3n) is 5.77. The van der Waals surface area contributed by atoms with E-state index >= 15 is 0 Å². The van der Waals surface area contributed by atoms with E-state index in [2.05, 4.69) is 10.5 Å². The highest BCUT2D eigenvalue weighted by molar-refractivity contribution is 8.00. The van der Waals surface area contributed by atoms with Crippen molar-refractivity contribution >= 4 is 47.2 Å². The van der Waals surface area contributed by atoms with Gasteiger partial charge in [0.05, 0.1) is 11.8 Å². The van der Waals surface area contributed by atoms with Crippen molar-refractivity contribution in [2.75, 3.05) is 12.4 Å². The third-order valence-corrected chi connectivity index (χ3v) is 7.11. The number of benzene rings is 1. The quantitative estimate of drug-likeness (QED) is 0.166. The van der Waals surface area contributed by atoms with Crippen LogP contribution in [0.15, 0.2) is 69.6 Å². The van der Waals surface area contributed by atoms with E-state index in [-0.39, 0.29) is 29.4 Å². The Hall–Kier alpha value is -4.59. The Morgan fingerprint density at radius 1 is 1.15 bits per heavy atom. The van der Waals surface area contributed by atoms with Crippen LogP contribution in [0.3, 0.4) is 0 Å². The summed E-state index contributed by atoms with van der Waals surface area (Å²) < 4.78 is 10.5. The van der Waals surface area contributed by atoms with E-state index < -0.39 is 52.5 Å². The zero-order valence-electron chi connectivity index (χ0n) is 20.7. The molecule has 14 heteroatoms. The summed E-state index contributed by atoms with van der Waals surface area (Å²) in [7, 11) is 0. The van der Waals surface area contributed by atoms with Crippen molar-refractivity contribution in [2.24, 2.45) is 5.16 Å². The second-order valence-corrected chi connectivity index (χ2v) is 9.99. The molecule has 2 aliphatic rings. The van der Waals surface area contributed by atoms with Crippen molar-refractivity contribution < 1.29 is 48.2 Å². The lowest BCUT2D eigenvalue weighted by atomic mass is 10.0. The lowest BCUT2D eigenvalue weighted by Gasteiger charge is -2.49. The number of carbonyl (C=O) groups is 5. The molecule has 2 atom stereocenters. The van der Waals surface area contributed by atoms with Crippen molar-refractivity contribution in [3.8, 4) is 0 Å². The molecule has 0 unspecified atom stereocenters. The molecule has 0 bridgehead atoms. The van der Waals surface area contributed by atoms with Gasteiger partial charge in [-0.25, -0.2) is 14.4 Å². The molecule has 0 spiro atoms. The van der Waals surface area contributed by atoms with Crippen LogP contribution in [0, 0.1) is 0 Å². The summed E-state index contributed by atoms with van der Waals surface area (Å²) in [6.07, 6.45) is 1.27. The van der Waals surface area contributed by atoms with Gasteiger partial charge in [-0.3, -0.25) is 14.5 Å². The number of carboxylic acid groups (broad SMARTS) is 2. The number of amides is 2. The largest absolute Gasteiger partial charge is 0.478 e. The normalized spacial score (nSPS) is 19.1. The first-order chi connectivity index (χ1) is 18.5. The molecule has 1 saturated heterocycles. The lowest BCUT2D eigenvalue weighted by Crippen LogP contribution is -2.71. The van der Waals surface area contributed by atoms with Crippen molar-refractivity contribution in [3.63, 3.8) is 0 Å². The number of aliphatic carboxylic acids is 2. The molecule has 39 heavy (non-hydrogen) atoms. The van der Waals surface area contributed by atoms with Gasteiger partial charge in [0.15, 0.2) is 5.76 Å². The van der Waals surface area contributed by atoms with Crippen LogP contribution in [0.1, 0.15) is 30.0 Å². The molecule has 3 N–H and O–H groups in total. The predicted octanol–water partition coefficient (Wildman–Crippen LogP) is 1.46. The van der Waals surface area contributed by atoms with Crippen LogP contribution in [-0.2, 0) is 28.8 Å². The van der Waals surface area contributed by atoms with E-state index in [9.17, 15) is 34.2 Å². The second-order valence-electron chi connectivity index (χ2n) is 8.88. The van der Waals surface area contributed by atoms with Crippen LogP contribution >= 0.6 is 11.8 Å². The van der Waals surface area contributed by atoms with Gasteiger partial charge < -0.3 is 29.5 Å². The molecule has 204 valence electrons. The highest BCUT2D eigenvalue weighted by Crippen LogP contribution is 2.40. The van der Waals surface area contributed by atoms with E-state index in [1.807, 2.05) is 0 Å². The number of hydrogen-bond donors (Lipinski definition) is 3. The molecule has 3 heterocycles. The fourth-order valence-corrected chi connectivity index (χ4v) is 4.95. The van der Waals surface area contributed by atoms with E-state index in [4.69, 9.17) is 14.0 Å². The molecule has 1 aromatic heterocycles. The molecule has 0 aliphatic carbocycles. The van der Waals surface area contributed by atoms with Gasteiger partial charge >= 0.3 is 17.9 Å². The van der Waals surface area contributed by atoms with Crippen LogP contribution in [0.4, 0.5) is 0 Å². The number of nitrogens with zero attached hydrogens (tertiary/aromatic N) is 2. The Balaban J connectivity index is 1.49. The number of furan rings is 1. The van der Waals surface area contributed by atoms with Crippen molar-refractivity contribution in [3.05, 3.63) is 71.3 Å². The third kappa shape index (κ3) is 5.65. The smallest absolute Gasteiger partial charge is 0.352 e. The molecule has 0 radical (unpaired) electrons. The van der Waals surface area contributed by atoms with E-state index in [0.717, 1.165) is 4.90 Å². The summed E-state index contributed by atoms with van der Waals surface area (Å²) in [5, 5.41) is 24.5. The number of ether oxygens (including phenoxy) is 1. The minimum atomic E-state index is -1.76. The number of thioether (sulfide) groups is 1. The Labute approximate surface area is 225 Å². The summed E-state index contributed by atoms with van der Waals surface area (Å²) >= 11 is 1.18. The van der Waals surface area contributed by atoms with Crippen LogP contribution in [-0.4, -0.2) is 79.9 Å². The van der Waals surface area contributed by atoms with Crippen LogP contribution in [0.25, 0.3) is 0 Å². The van der Waals surface area contributed by atoms with E-state index in [0.29, 0.717) is 5.56 Å². The summed E-state index contributed by atoms with van der Waals surface area (Å²) in [5.74, 6) is -4.86. The standard InChI is InChI=1S/C25H23N3O10S/c1-25(2,24(34)35)38-27-16(15-9-6-10-36-15)19(29)26-17-20(30)28-18(22(31)32)14(12-39-21(17)28)11-37-23(33)13-7-4-3-5-8-13/h3-10,17,21H,11-12H2,1-2H3,(H,26,29)(H,31,32)(H,34,35)/t17-,21-/m1/s1.